The van der Waals surface area contributed by atoms with Crippen LogP contribution in [0.2, 0.25) is 0 Å². The number of unbranched alkanes of at least 4 members (excludes halogenated alkanes) is 1. The number of halogens is 2. The van der Waals surface area contributed by atoms with Crippen LogP contribution in [0.1, 0.15) is 58.5 Å². The Hall–Kier alpha value is -5.57. The second-order valence-electron chi connectivity index (χ2n) is 15.5. The average molecular weight is 791 g/mol. The van der Waals surface area contributed by atoms with Gasteiger partial charge in [0.2, 0.25) is 5.91 Å². The van der Waals surface area contributed by atoms with E-state index in [0.717, 1.165) is 96.7 Å². The second kappa shape index (κ2) is 17.1. The Kier molecular flexibility index (Phi) is 11.6. The van der Waals surface area contributed by atoms with Crippen LogP contribution in [0.15, 0.2) is 85.5 Å². The van der Waals surface area contributed by atoms with Gasteiger partial charge in [0, 0.05) is 95.8 Å². The molecule has 302 valence electrons. The van der Waals surface area contributed by atoms with Crippen molar-refractivity contribution in [2.45, 2.75) is 50.5 Å². The summed E-state index contributed by atoms with van der Waals surface area (Å²) in [5.41, 5.74) is 6.21. The SMILES string of the molecule is C=C1CCC(N2C(=O)c3cccc(NCC(F)(F)COCCCCN4CCN(CCCc5ccc(-c6ccc7c(c6)[nH]c6ccncc67)cn5)CC4)c3C2=O)C(=O)N1. The Morgan fingerprint density at radius 3 is 2.45 bits per heavy atom. The number of nitrogens with zero attached hydrogens (tertiary/aromatic N) is 5. The molecule has 0 aliphatic carbocycles. The predicted octanol–water partition coefficient (Wildman–Crippen LogP) is 6.26. The lowest BCUT2D eigenvalue weighted by Crippen LogP contribution is -2.51. The summed E-state index contributed by atoms with van der Waals surface area (Å²) in [7, 11) is 0. The van der Waals surface area contributed by atoms with Gasteiger partial charge in [0.1, 0.15) is 12.6 Å². The summed E-state index contributed by atoms with van der Waals surface area (Å²) < 4.78 is 35.0. The fourth-order valence-electron chi connectivity index (χ4n) is 8.17. The van der Waals surface area contributed by atoms with E-state index in [0.29, 0.717) is 18.5 Å². The molecule has 1 atom stereocenters. The highest BCUT2D eigenvalue weighted by molar-refractivity contribution is 6.25. The van der Waals surface area contributed by atoms with Crippen molar-refractivity contribution in [3.05, 3.63) is 102 Å². The fraction of sp³-hybridized carbons (Fsp3) is 0.386. The molecule has 8 rings (SSSR count). The lowest BCUT2D eigenvalue weighted by atomic mass is 10.0. The third kappa shape index (κ3) is 8.64. The molecule has 3 amide bonds. The van der Waals surface area contributed by atoms with Gasteiger partial charge in [-0.3, -0.25) is 29.3 Å². The number of anilines is 1. The number of aryl methyl sites for hydroxylation is 1. The zero-order valence-corrected chi connectivity index (χ0v) is 32.4. The molecule has 2 saturated heterocycles. The number of rotatable bonds is 16. The quantitative estimate of drug-likeness (QED) is 0.0782. The van der Waals surface area contributed by atoms with Gasteiger partial charge in [-0.15, -0.1) is 0 Å². The monoisotopic (exact) mass is 790 g/mol. The maximum atomic E-state index is 14.8. The Morgan fingerprint density at radius 2 is 1.67 bits per heavy atom. The lowest BCUT2D eigenvalue weighted by Gasteiger charge is -2.34. The highest BCUT2D eigenvalue weighted by Gasteiger charge is 2.45. The number of H-pyrrole nitrogens is 1. The number of alkyl halides is 2. The minimum Gasteiger partial charge on any atom is -0.378 e. The summed E-state index contributed by atoms with van der Waals surface area (Å²) in [5, 5.41) is 7.53. The molecule has 0 spiro atoms. The van der Waals surface area contributed by atoms with Crippen molar-refractivity contribution in [3.8, 4) is 11.1 Å². The number of aromatic nitrogens is 3. The van der Waals surface area contributed by atoms with Gasteiger partial charge in [-0.1, -0.05) is 30.8 Å². The summed E-state index contributed by atoms with van der Waals surface area (Å²) in [6, 6.07) is 16.2. The Bertz CT molecular complexity index is 2320. The van der Waals surface area contributed by atoms with Gasteiger partial charge in [0.15, 0.2) is 0 Å². The number of fused-ring (bicyclic) bond motifs is 4. The van der Waals surface area contributed by atoms with Gasteiger partial charge >= 0.3 is 0 Å². The molecule has 14 heteroatoms. The first kappa shape index (κ1) is 39.3. The third-order valence-electron chi connectivity index (χ3n) is 11.4. The van der Waals surface area contributed by atoms with Crippen LogP contribution in [0.5, 0.6) is 0 Å². The molecule has 3 aliphatic rings. The topological polar surface area (TPSA) is 136 Å². The number of amides is 3. The Labute approximate surface area is 335 Å². The summed E-state index contributed by atoms with van der Waals surface area (Å²) in [6.07, 6.45) is 9.84. The summed E-state index contributed by atoms with van der Waals surface area (Å²) in [6.45, 7) is 8.30. The number of pyridine rings is 2. The molecule has 58 heavy (non-hydrogen) atoms. The van der Waals surface area contributed by atoms with Gasteiger partial charge < -0.3 is 30.2 Å². The lowest BCUT2D eigenvalue weighted by molar-refractivity contribution is -0.125. The van der Waals surface area contributed by atoms with Crippen LogP contribution >= 0.6 is 0 Å². The molecular weight excluding hydrogens is 743 g/mol. The number of hydrogen-bond donors (Lipinski definition) is 3. The first-order valence-corrected chi connectivity index (χ1v) is 20.1. The number of carbonyl (C=O) groups is 3. The van der Waals surface area contributed by atoms with Crippen molar-refractivity contribution >= 4 is 45.2 Å². The second-order valence-corrected chi connectivity index (χ2v) is 15.5. The number of piperazine rings is 1. The molecule has 5 aromatic rings. The summed E-state index contributed by atoms with van der Waals surface area (Å²) >= 11 is 0. The summed E-state index contributed by atoms with van der Waals surface area (Å²) in [4.78, 5) is 57.3. The molecule has 3 aromatic heterocycles. The van der Waals surface area contributed by atoms with Crippen LogP contribution in [-0.2, 0) is 16.0 Å². The maximum Gasteiger partial charge on any atom is 0.287 e. The van der Waals surface area contributed by atoms with Crippen LogP contribution in [0, 0.1) is 0 Å². The van der Waals surface area contributed by atoms with E-state index < -0.39 is 42.8 Å². The number of benzene rings is 2. The van der Waals surface area contributed by atoms with E-state index in [1.807, 2.05) is 18.5 Å². The van der Waals surface area contributed by atoms with Gasteiger partial charge in [0.25, 0.3) is 17.7 Å². The zero-order valence-electron chi connectivity index (χ0n) is 32.4. The molecular formula is C44H48F2N8O4. The first-order valence-electron chi connectivity index (χ1n) is 20.1. The van der Waals surface area contributed by atoms with Gasteiger partial charge in [-0.05, 0) is 87.5 Å². The number of allylic oxidation sites excluding steroid dienone is 1. The average Bonchev–Trinajstić information content (AvgIpc) is 3.72. The highest BCUT2D eigenvalue weighted by Crippen LogP contribution is 2.34. The molecule has 0 radical (unpaired) electrons. The molecule has 2 fully saturated rings. The number of ether oxygens (including phenoxy) is 1. The standard InChI is InChI=1S/C44H48F2N8O4/c1-29-9-14-39(41(55)50-29)54-42(56)34-7-4-8-37(40(34)43(54)57)49-27-44(45,46)28-58-23-3-2-17-52-19-21-53(22-20-52)18-5-6-32-12-10-31(25-48-32)30-11-13-33-35-26-47-16-15-36(35)51-38(33)24-30/h4,7-8,10-13,15-16,24-26,39,49,51H,1-3,5-6,9,14,17-23,27-28H2,(H,50,55). The molecule has 6 heterocycles. The molecule has 0 bridgehead atoms. The minimum atomic E-state index is -3.21. The number of nitrogens with one attached hydrogen (secondary N) is 3. The molecule has 2 aromatic carbocycles. The van der Waals surface area contributed by atoms with Crippen molar-refractivity contribution in [1.29, 1.82) is 0 Å². The van der Waals surface area contributed by atoms with Crippen molar-refractivity contribution in [3.63, 3.8) is 0 Å². The van der Waals surface area contributed by atoms with Crippen LogP contribution in [0.25, 0.3) is 32.9 Å². The van der Waals surface area contributed by atoms with E-state index in [4.69, 9.17) is 9.72 Å². The molecule has 12 nitrogen and oxygen atoms in total. The predicted molar refractivity (Wildman–Crippen MR) is 219 cm³/mol. The van der Waals surface area contributed by atoms with Gasteiger partial charge in [-0.25, -0.2) is 8.78 Å². The van der Waals surface area contributed by atoms with E-state index in [-0.39, 0.29) is 29.8 Å². The van der Waals surface area contributed by atoms with E-state index >= 15 is 0 Å². The molecule has 0 saturated carbocycles. The highest BCUT2D eigenvalue weighted by atomic mass is 19.3. The first-order chi connectivity index (χ1) is 28.1. The Morgan fingerprint density at radius 1 is 0.879 bits per heavy atom. The maximum absolute atomic E-state index is 14.8. The minimum absolute atomic E-state index is 0.00346. The van der Waals surface area contributed by atoms with Crippen LogP contribution in [-0.4, -0.2) is 118 Å². The molecule has 3 N–H and O–H groups in total. The van der Waals surface area contributed by atoms with Crippen molar-refractivity contribution in [2.24, 2.45) is 0 Å². The smallest absolute Gasteiger partial charge is 0.287 e. The van der Waals surface area contributed by atoms with Gasteiger partial charge in [0.05, 0.1) is 17.7 Å². The summed E-state index contributed by atoms with van der Waals surface area (Å²) in [5.74, 6) is -4.99. The van der Waals surface area contributed by atoms with Crippen LogP contribution in [0.4, 0.5) is 14.5 Å². The Balaban J connectivity index is 0.697. The van der Waals surface area contributed by atoms with Crippen LogP contribution < -0.4 is 10.6 Å². The van der Waals surface area contributed by atoms with E-state index in [1.165, 1.54) is 23.6 Å². The van der Waals surface area contributed by atoms with Crippen molar-refractivity contribution in [1.82, 2.24) is 35.0 Å². The number of piperidine rings is 1. The van der Waals surface area contributed by atoms with E-state index in [2.05, 4.69) is 67.3 Å². The number of hydrogen-bond acceptors (Lipinski definition) is 9. The largest absolute Gasteiger partial charge is 0.378 e. The van der Waals surface area contributed by atoms with E-state index in [1.54, 1.807) is 6.20 Å². The number of carbonyl (C=O) groups excluding carboxylic acids is 3. The fourth-order valence-corrected chi connectivity index (χ4v) is 8.17. The van der Waals surface area contributed by atoms with Crippen molar-refractivity contribution < 1.29 is 27.9 Å². The molecule has 3 aliphatic heterocycles. The van der Waals surface area contributed by atoms with Crippen molar-refractivity contribution in [2.75, 3.05) is 64.3 Å². The zero-order chi connectivity index (χ0) is 40.2. The molecule has 1 unspecified atom stereocenters. The number of imide groups is 1. The van der Waals surface area contributed by atoms with E-state index in [9.17, 15) is 23.2 Å². The van der Waals surface area contributed by atoms with Crippen LogP contribution in [0.3, 0.4) is 0 Å². The van der Waals surface area contributed by atoms with Gasteiger partial charge in [-0.2, -0.15) is 0 Å². The third-order valence-corrected chi connectivity index (χ3v) is 11.4. The number of aromatic amines is 1. The normalized spacial score (nSPS) is 18.0.